The first-order valence-corrected chi connectivity index (χ1v) is 34.1. The lowest BCUT2D eigenvalue weighted by atomic mass is 10.0. The van der Waals surface area contributed by atoms with Crippen LogP contribution in [0.1, 0.15) is 342 Å². The number of hydrogen-bond acceptors (Lipinski definition) is 6. The molecule has 0 aliphatic heterocycles. The molecule has 0 rings (SSSR count). The summed E-state index contributed by atoms with van der Waals surface area (Å²) < 4.78 is 16.9. The van der Waals surface area contributed by atoms with Gasteiger partial charge in [-0.1, -0.05) is 298 Å². The van der Waals surface area contributed by atoms with E-state index in [2.05, 4.69) is 106 Å². The molecule has 0 saturated heterocycles. The molecule has 0 saturated carbocycles. The van der Waals surface area contributed by atoms with Crippen LogP contribution in [0.3, 0.4) is 0 Å². The summed E-state index contributed by atoms with van der Waals surface area (Å²) in [6.07, 6.45) is 89.0. The Labute approximate surface area is 490 Å². The predicted octanol–water partition coefficient (Wildman–Crippen LogP) is 23.4. The van der Waals surface area contributed by atoms with Crippen molar-refractivity contribution in [2.75, 3.05) is 13.2 Å². The van der Waals surface area contributed by atoms with Gasteiger partial charge in [0, 0.05) is 19.3 Å². The van der Waals surface area contributed by atoms with Gasteiger partial charge in [-0.25, -0.2) is 0 Å². The van der Waals surface area contributed by atoms with Crippen molar-refractivity contribution in [3.63, 3.8) is 0 Å². The number of carbonyl (C=O) groups excluding carboxylic acids is 3. The molecule has 0 N–H and O–H groups in total. The molecule has 6 heteroatoms. The zero-order valence-corrected chi connectivity index (χ0v) is 52.4. The van der Waals surface area contributed by atoms with Gasteiger partial charge in [0.25, 0.3) is 0 Å². The molecule has 0 amide bonds. The summed E-state index contributed by atoms with van der Waals surface area (Å²) >= 11 is 0. The molecule has 0 spiro atoms. The van der Waals surface area contributed by atoms with Crippen molar-refractivity contribution >= 4 is 17.9 Å². The highest BCUT2D eigenvalue weighted by Crippen LogP contribution is 2.17. The van der Waals surface area contributed by atoms with Crippen molar-refractivity contribution in [2.45, 2.75) is 348 Å². The maximum absolute atomic E-state index is 12.9. The number of unbranched alkanes of at least 4 members (excludes halogenated alkanes) is 37. The standard InChI is InChI=1S/C73H128O6/c1-4-7-10-13-16-19-22-24-26-28-30-31-32-33-34-35-36-37-38-39-40-41-43-44-46-48-51-54-57-60-63-66-72(75)78-69-70(68-77-71(74)65-62-59-56-53-50-21-18-15-12-9-6-3)79-73(76)67-64-61-58-55-52-49-47-45-42-29-27-25-23-20-17-14-11-8-5-2/h7,10,15-16,18-19,24-27,30-31,33-34,70H,4-6,8-9,11-14,17,20-23,28-29,32,35-69H2,1-3H3/b10-7-,18-15-,19-16-,26-24-,27-25-,31-30-,34-33-. The molecule has 0 aromatic heterocycles. The molecule has 0 aliphatic rings. The second kappa shape index (κ2) is 67.1. The Morgan fingerprint density at radius 3 is 0.823 bits per heavy atom. The molecular formula is C73H128O6. The van der Waals surface area contributed by atoms with Crippen LogP contribution in [0.4, 0.5) is 0 Å². The predicted molar refractivity (Wildman–Crippen MR) is 344 cm³/mol. The lowest BCUT2D eigenvalue weighted by Gasteiger charge is -2.18. The van der Waals surface area contributed by atoms with E-state index >= 15 is 0 Å². The molecule has 0 heterocycles. The summed E-state index contributed by atoms with van der Waals surface area (Å²) in [5.41, 5.74) is 0. The van der Waals surface area contributed by atoms with Crippen molar-refractivity contribution in [3.05, 3.63) is 85.1 Å². The smallest absolute Gasteiger partial charge is 0.306 e. The highest BCUT2D eigenvalue weighted by Gasteiger charge is 2.19. The third-order valence-electron chi connectivity index (χ3n) is 14.9. The van der Waals surface area contributed by atoms with Gasteiger partial charge in [0.15, 0.2) is 6.10 Å². The Balaban J connectivity index is 4.17. The van der Waals surface area contributed by atoms with Gasteiger partial charge in [0.1, 0.15) is 13.2 Å². The van der Waals surface area contributed by atoms with Crippen molar-refractivity contribution in [1.82, 2.24) is 0 Å². The fourth-order valence-corrected chi connectivity index (χ4v) is 9.74. The van der Waals surface area contributed by atoms with Crippen LogP contribution in [0.5, 0.6) is 0 Å². The minimum atomic E-state index is -0.780. The van der Waals surface area contributed by atoms with Gasteiger partial charge < -0.3 is 14.2 Å². The summed E-state index contributed by atoms with van der Waals surface area (Å²) in [6.45, 7) is 6.51. The van der Waals surface area contributed by atoms with Crippen LogP contribution in [0.15, 0.2) is 85.1 Å². The van der Waals surface area contributed by atoms with E-state index in [4.69, 9.17) is 14.2 Å². The fraction of sp³-hybridized carbons (Fsp3) is 0.767. The second-order valence-corrected chi connectivity index (χ2v) is 22.7. The van der Waals surface area contributed by atoms with E-state index in [0.29, 0.717) is 19.3 Å². The van der Waals surface area contributed by atoms with Crippen molar-refractivity contribution < 1.29 is 28.6 Å². The third kappa shape index (κ3) is 65.3. The quantitative estimate of drug-likeness (QED) is 0.0261. The normalized spacial score (nSPS) is 12.6. The van der Waals surface area contributed by atoms with Crippen LogP contribution in [-0.4, -0.2) is 37.2 Å². The van der Waals surface area contributed by atoms with E-state index < -0.39 is 6.10 Å². The summed E-state index contributed by atoms with van der Waals surface area (Å²) in [7, 11) is 0. The topological polar surface area (TPSA) is 78.9 Å². The molecule has 0 fully saturated rings. The average Bonchev–Trinajstić information content (AvgIpc) is 3.45. The van der Waals surface area contributed by atoms with E-state index in [1.807, 2.05) is 0 Å². The highest BCUT2D eigenvalue weighted by molar-refractivity contribution is 5.71. The summed E-state index contributed by atoms with van der Waals surface area (Å²) in [4.78, 5) is 38.3. The first-order chi connectivity index (χ1) is 39.0. The second-order valence-electron chi connectivity index (χ2n) is 22.7. The van der Waals surface area contributed by atoms with Crippen LogP contribution in [0.2, 0.25) is 0 Å². The van der Waals surface area contributed by atoms with Gasteiger partial charge in [-0.2, -0.15) is 0 Å². The summed E-state index contributed by atoms with van der Waals surface area (Å²) in [6, 6.07) is 0. The molecule has 0 aliphatic carbocycles. The van der Waals surface area contributed by atoms with E-state index in [0.717, 1.165) is 96.3 Å². The molecule has 0 aromatic carbocycles. The first-order valence-electron chi connectivity index (χ1n) is 34.1. The number of allylic oxidation sites excluding steroid dienone is 14. The zero-order chi connectivity index (χ0) is 57.1. The SMILES string of the molecule is CC/C=C\C/C=C\C/C=C\C/C=C\C/C=C\CCCCCCCCCCCCCCCCCC(=O)OCC(COC(=O)CCCCCCC/C=C\CCCC)OC(=O)CCCCCCCCCCC/C=C\CCCCCCCC. The van der Waals surface area contributed by atoms with Crippen molar-refractivity contribution in [1.29, 1.82) is 0 Å². The van der Waals surface area contributed by atoms with Gasteiger partial charge >= 0.3 is 17.9 Å². The lowest BCUT2D eigenvalue weighted by molar-refractivity contribution is -0.167. The van der Waals surface area contributed by atoms with E-state index in [1.165, 1.54) is 205 Å². The van der Waals surface area contributed by atoms with Crippen LogP contribution in [0.25, 0.3) is 0 Å². The van der Waals surface area contributed by atoms with E-state index in [9.17, 15) is 14.4 Å². The largest absolute Gasteiger partial charge is 0.462 e. The molecule has 456 valence electrons. The molecular weight excluding hydrogens is 973 g/mol. The van der Waals surface area contributed by atoms with Gasteiger partial charge in [-0.3, -0.25) is 14.4 Å². The summed E-state index contributed by atoms with van der Waals surface area (Å²) in [5, 5.41) is 0. The Hall–Kier alpha value is -3.41. The molecule has 0 bridgehead atoms. The van der Waals surface area contributed by atoms with Crippen molar-refractivity contribution in [3.8, 4) is 0 Å². The van der Waals surface area contributed by atoms with Gasteiger partial charge in [0.05, 0.1) is 0 Å². The van der Waals surface area contributed by atoms with Crippen molar-refractivity contribution in [2.24, 2.45) is 0 Å². The number of esters is 3. The molecule has 1 atom stereocenters. The number of rotatable bonds is 62. The molecule has 79 heavy (non-hydrogen) atoms. The minimum absolute atomic E-state index is 0.0767. The number of ether oxygens (including phenoxy) is 3. The van der Waals surface area contributed by atoms with Crippen LogP contribution in [-0.2, 0) is 28.6 Å². The molecule has 0 radical (unpaired) electrons. The Morgan fingerprint density at radius 1 is 0.266 bits per heavy atom. The van der Waals surface area contributed by atoms with Crippen LogP contribution in [0, 0.1) is 0 Å². The van der Waals surface area contributed by atoms with E-state index in [1.54, 1.807) is 0 Å². The zero-order valence-electron chi connectivity index (χ0n) is 52.4. The van der Waals surface area contributed by atoms with Gasteiger partial charge in [-0.15, -0.1) is 0 Å². The maximum atomic E-state index is 12.9. The first kappa shape index (κ1) is 75.6. The maximum Gasteiger partial charge on any atom is 0.306 e. The van der Waals surface area contributed by atoms with Crippen LogP contribution >= 0.6 is 0 Å². The molecule has 0 aromatic rings. The molecule has 6 nitrogen and oxygen atoms in total. The Kier molecular flexibility index (Phi) is 64.2. The molecule has 1 unspecified atom stereocenters. The van der Waals surface area contributed by atoms with E-state index in [-0.39, 0.29) is 31.1 Å². The monoisotopic (exact) mass is 1100 g/mol. The lowest BCUT2D eigenvalue weighted by Crippen LogP contribution is -2.30. The number of carbonyl (C=O) groups is 3. The fourth-order valence-electron chi connectivity index (χ4n) is 9.74. The third-order valence-corrected chi connectivity index (χ3v) is 14.9. The van der Waals surface area contributed by atoms with Crippen LogP contribution < -0.4 is 0 Å². The summed E-state index contributed by atoms with van der Waals surface area (Å²) in [5.74, 6) is -0.874. The minimum Gasteiger partial charge on any atom is -0.462 e. The average molecular weight is 1100 g/mol. The van der Waals surface area contributed by atoms with Gasteiger partial charge in [-0.05, 0) is 109 Å². The van der Waals surface area contributed by atoms with Gasteiger partial charge in [0.2, 0.25) is 0 Å². The Morgan fingerprint density at radius 2 is 0.506 bits per heavy atom. The Bertz CT molecular complexity index is 1500. The highest BCUT2D eigenvalue weighted by atomic mass is 16.6. The number of hydrogen-bond donors (Lipinski definition) is 0.